The van der Waals surface area contributed by atoms with E-state index in [0.29, 0.717) is 11.5 Å². The van der Waals surface area contributed by atoms with Gasteiger partial charge in [-0.25, -0.2) is 4.98 Å². The third kappa shape index (κ3) is 4.31. The molecule has 29 heavy (non-hydrogen) atoms. The van der Waals surface area contributed by atoms with Gasteiger partial charge in [0.1, 0.15) is 5.82 Å². The molecule has 0 bridgehead atoms. The number of pyridine rings is 1. The lowest BCUT2D eigenvalue weighted by Gasteiger charge is -2.33. The molecule has 3 heterocycles. The van der Waals surface area contributed by atoms with Crippen LogP contribution >= 0.6 is 0 Å². The summed E-state index contributed by atoms with van der Waals surface area (Å²) in [5.74, 6) is 1.14. The van der Waals surface area contributed by atoms with Crippen LogP contribution in [0.5, 0.6) is 0 Å². The summed E-state index contributed by atoms with van der Waals surface area (Å²) in [7, 11) is 0. The molecule has 1 amide bonds. The molecule has 1 atom stereocenters. The standard InChI is InChI=1S/C23H27N5O/c1-16(2)26-23(29)18-10-11-24-21(13-18)28-12-6-9-19(15-28)22-20(14-25-27-22)17-7-4-3-5-8-17/h3-5,7-8,10-11,13-14,16,19H,6,9,12,15H2,1-2H3,(H,25,27)(H,26,29). The van der Waals surface area contributed by atoms with E-state index in [9.17, 15) is 4.79 Å². The Hall–Kier alpha value is -3.15. The first kappa shape index (κ1) is 19.2. The molecule has 1 fully saturated rings. The average molecular weight is 390 g/mol. The van der Waals surface area contributed by atoms with E-state index in [1.807, 2.05) is 32.2 Å². The van der Waals surface area contributed by atoms with Gasteiger partial charge in [0.05, 0.1) is 6.20 Å². The van der Waals surface area contributed by atoms with E-state index >= 15 is 0 Å². The average Bonchev–Trinajstić information content (AvgIpc) is 3.24. The fourth-order valence-electron chi connectivity index (χ4n) is 3.95. The van der Waals surface area contributed by atoms with Crippen molar-refractivity contribution in [1.82, 2.24) is 20.5 Å². The molecule has 2 aromatic heterocycles. The smallest absolute Gasteiger partial charge is 0.251 e. The van der Waals surface area contributed by atoms with Gasteiger partial charge in [-0.15, -0.1) is 0 Å². The maximum absolute atomic E-state index is 12.4. The number of aromatic amines is 1. The Kier molecular flexibility index (Phi) is 5.60. The van der Waals surface area contributed by atoms with Gasteiger partial charge in [0.2, 0.25) is 0 Å². The van der Waals surface area contributed by atoms with Crippen molar-refractivity contribution in [3.8, 4) is 11.1 Å². The maximum Gasteiger partial charge on any atom is 0.251 e. The van der Waals surface area contributed by atoms with E-state index in [2.05, 4.69) is 49.7 Å². The molecule has 1 saturated heterocycles. The fraction of sp³-hybridized carbons (Fsp3) is 0.348. The number of aromatic nitrogens is 3. The Balaban J connectivity index is 1.55. The van der Waals surface area contributed by atoms with Crippen LogP contribution in [0.15, 0.2) is 54.9 Å². The number of amides is 1. The topological polar surface area (TPSA) is 73.9 Å². The molecule has 150 valence electrons. The van der Waals surface area contributed by atoms with Crippen LogP contribution in [-0.2, 0) is 0 Å². The van der Waals surface area contributed by atoms with E-state index in [1.165, 1.54) is 11.3 Å². The molecule has 0 radical (unpaired) electrons. The van der Waals surface area contributed by atoms with Gasteiger partial charge in [-0.1, -0.05) is 30.3 Å². The van der Waals surface area contributed by atoms with Crippen molar-refractivity contribution in [2.24, 2.45) is 0 Å². The SMILES string of the molecule is CC(C)NC(=O)c1ccnc(N2CCCC(c3[nH]ncc3-c3ccccc3)C2)c1. The first-order valence-electron chi connectivity index (χ1n) is 10.2. The lowest BCUT2D eigenvalue weighted by Crippen LogP contribution is -2.35. The number of nitrogens with one attached hydrogen (secondary N) is 2. The summed E-state index contributed by atoms with van der Waals surface area (Å²) in [4.78, 5) is 19.2. The highest BCUT2D eigenvalue weighted by Gasteiger charge is 2.26. The van der Waals surface area contributed by atoms with Crippen LogP contribution in [0.2, 0.25) is 0 Å². The van der Waals surface area contributed by atoms with E-state index in [-0.39, 0.29) is 11.9 Å². The van der Waals surface area contributed by atoms with Crippen LogP contribution in [0, 0.1) is 0 Å². The molecule has 1 unspecified atom stereocenters. The highest BCUT2D eigenvalue weighted by Crippen LogP contribution is 2.34. The lowest BCUT2D eigenvalue weighted by molar-refractivity contribution is 0.0943. The predicted molar refractivity (Wildman–Crippen MR) is 115 cm³/mol. The molecule has 6 heteroatoms. The Morgan fingerprint density at radius 3 is 2.86 bits per heavy atom. The second-order valence-electron chi connectivity index (χ2n) is 7.88. The first-order valence-corrected chi connectivity index (χ1v) is 10.2. The third-order valence-corrected chi connectivity index (χ3v) is 5.33. The molecule has 6 nitrogen and oxygen atoms in total. The van der Waals surface area contributed by atoms with E-state index in [4.69, 9.17) is 0 Å². The van der Waals surface area contributed by atoms with E-state index in [0.717, 1.165) is 37.3 Å². The van der Waals surface area contributed by atoms with Crippen LogP contribution in [0.25, 0.3) is 11.1 Å². The van der Waals surface area contributed by atoms with Gasteiger partial charge >= 0.3 is 0 Å². The molecule has 0 aliphatic carbocycles. The van der Waals surface area contributed by atoms with Crippen molar-refractivity contribution in [3.05, 3.63) is 66.1 Å². The molecule has 0 spiro atoms. The highest BCUT2D eigenvalue weighted by molar-refractivity contribution is 5.95. The van der Waals surface area contributed by atoms with Crippen molar-refractivity contribution in [2.45, 2.75) is 38.6 Å². The van der Waals surface area contributed by atoms with Gasteiger partial charge < -0.3 is 10.2 Å². The number of anilines is 1. The first-order chi connectivity index (χ1) is 14.1. The van der Waals surface area contributed by atoms with Crippen molar-refractivity contribution < 1.29 is 4.79 Å². The minimum absolute atomic E-state index is 0.0582. The zero-order valence-electron chi connectivity index (χ0n) is 16.9. The number of rotatable bonds is 5. The van der Waals surface area contributed by atoms with E-state index in [1.54, 1.807) is 12.3 Å². The number of benzene rings is 1. The van der Waals surface area contributed by atoms with Crippen LogP contribution < -0.4 is 10.2 Å². The zero-order valence-corrected chi connectivity index (χ0v) is 16.9. The van der Waals surface area contributed by atoms with Gasteiger partial charge in [-0.3, -0.25) is 9.89 Å². The van der Waals surface area contributed by atoms with Crippen molar-refractivity contribution >= 4 is 11.7 Å². The number of carbonyl (C=O) groups is 1. The molecular formula is C23H27N5O. The second kappa shape index (κ2) is 8.47. The summed E-state index contributed by atoms with van der Waals surface area (Å²) >= 11 is 0. The largest absolute Gasteiger partial charge is 0.356 e. The van der Waals surface area contributed by atoms with Gasteiger partial charge in [0.15, 0.2) is 0 Å². The monoisotopic (exact) mass is 389 g/mol. The molecule has 4 rings (SSSR count). The summed E-state index contributed by atoms with van der Waals surface area (Å²) in [6.07, 6.45) is 5.81. The molecular weight excluding hydrogens is 362 g/mol. The van der Waals surface area contributed by atoms with Gasteiger partial charge in [-0.2, -0.15) is 5.10 Å². The molecule has 2 N–H and O–H groups in total. The Morgan fingerprint density at radius 1 is 1.24 bits per heavy atom. The number of hydrogen-bond acceptors (Lipinski definition) is 4. The van der Waals surface area contributed by atoms with Gasteiger partial charge in [0.25, 0.3) is 5.91 Å². The Morgan fingerprint density at radius 2 is 2.07 bits per heavy atom. The Labute approximate surface area is 171 Å². The van der Waals surface area contributed by atoms with Crippen molar-refractivity contribution in [3.63, 3.8) is 0 Å². The summed E-state index contributed by atoms with van der Waals surface area (Å²) < 4.78 is 0. The summed E-state index contributed by atoms with van der Waals surface area (Å²) in [5, 5.41) is 10.5. The maximum atomic E-state index is 12.4. The number of nitrogens with zero attached hydrogens (tertiary/aromatic N) is 3. The van der Waals surface area contributed by atoms with Gasteiger partial charge in [0, 0.05) is 48.1 Å². The molecule has 3 aromatic rings. The summed E-state index contributed by atoms with van der Waals surface area (Å²) in [6, 6.07) is 14.1. The number of hydrogen-bond donors (Lipinski definition) is 2. The third-order valence-electron chi connectivity index (χ3n) is 5.33. The second-order valence-corrected chi connectivity index (χ2v) is 7.88. The lowest BCUT2D eigenvalue weighted by atomic mass is 9.90. The van der Waals surface area contributed by atoms with E-state index < -0.39 is 0 Å². The Bertz CT molecular complexity index is 966. The van der Waals surface area contributed by atoms with Gasteiger partial charge in [-0.05, 0) is 44.4 Å². The number of carbonyl (C=O) groups excluding carboxylic acids is 1. The van der Waals surface area contributed by atoms with Crippen LogP contribution in [0.1, 0.15) is 48.7 Å². The minimum Gasteiger partial charge on any atom is -0.356 e. The highest BCUT2D eigenvalue weighted by atomic mass is 16.1. The predicted octanol–water partition coefficient (Wildman–Crippen LogP) is 3.99. The molecule has 1 aliphatic rings. The normalized spacial score (nSPS) is 16.8. The minimum atomic E-state index is -0.0582. The molecule has 1 aliphatic heterocycles. The zero-order chi connectivity index (χ0) is 20.2. The summed E-state index contributed by atoms with van der Waals surface area (Å²) in [6.45, 7) is 5.71. The fourth-order valence-corrected chi connectivity index (χ4v) is 3.95. The quantitative estimate of drug-likeness (QED) is 0.692. The van der Waals surface area contributed by atoms with Crippen molar-refractivity contribution in [2.75, 3.05) is 18.0 Å². The van der Waals surface area contributed by atoms with Crippen LogP contribution in [-0.4, -0.2) is 40.2 Å². The van der Waals surface area contributed by atoms with Crippen LogP contribution in [0.4, 0.5) is 5.82 Å². The number of H-pyrrole nitrogens is 1. The summed E-state index contributed by atoms with van der Waals surface area (Å²) in [5.41, 5.74) is 4.17. The number of piperidine rings is 1. The van der Waals surface area contributed by atoms with Crippen molar-refractivity contribution in [1.29, 1.82) is 0 Å². The molecule has 1 aromatic carbocycles. The molecule has 0 saturated carbocycles. The van der Waals surface area contributed by atoms with Crippen LogP contribution in [0.3, 0.4) is 0 Å².